The summed E-state index contributed by atoms with van der Waals surface area (Å²) in [5.41, 5.74) is 1.74. The molecule has 0 unspecified atom stereocenters. The van der Waals surface area contributed by atoms with Gasteiger partial charge in [0.05, 0.1) is 11.4 Å². The van der Waals surface area contributed by atoms with E-state index in [1.807, 2.05) is 121 Å². The van der Waals surface area contributed by atoms with E-state index in [9.17, 15) is 0 Å². The molecule has 0 aliphatic heterocycles. The van der Waals surface area contributed by atoms with E-state index in [4.69, 9.17) is 46.4 Å². The van der Waals surface area contributed by atoms with E-state index in [2.05, 4.69) is 22.3 Å². The molecule has 0 spiro atoms. The molecular weight excluding hydrogens is 582 g/mol. The quantitative estimate of drug-likeness (QED) is 0.147. The molecule has 6 aromatic rings. The van der Waals surface area contributed by atoms with Gasteiger partial charge in [0, 0.05) is 0 Å². The van der Waals surface area contributed by atoms with E-state index in [0.717, 1.165) is 11.4 Å². The maximum absolute atomic E-state index is 5.84. The second-order valence-electron chi connectivity index (χ2n) is 6.83. The largest absolute Gasteiger partial charge is 4.00 e. The van der Waals surface area contributed by atoms with E-state index >= 15 is 0 Å². The Morgan fingerprint density at radius 3 is 1.05 bits per heavy atom. The number of hydrogen-bond acceptors (Lipinski definition) is 2. The summed E-state index contributed by atoms with van der Waals surface area (Å²) in [6.07, 6.45) is 0. The minimum atomic E-state index is 0. The van der Waals surface area contributed by atoms with E-state index in [0.29, 0.717) is 10.3 Å². The molecule has 2 aromatic heterocycles. The summed E-state index contributed by atoms with van der Waals surface area (Å²) in [6.45, 7) is 0. The van der Waals surface area contributed by atoms with Crippen LogP contribution in [0.1, 0.15) is 0 Å². The summed E-state index contributed by atoms with van der Waals surface area (Å²) in [4.78, 5) is 0. The third-order valence-corrected chi connectivity index (χ3v) is 5.12. The number of benzene rings is 2. The normalized spacial score (nSPS) is 9.41. The fourth-order valence-electron chi connectivity index (χ4n) is 2.71. The summed E-state index contributed by atoms with van der Waals surface area (Å²) in [7, 11) is 0. The monoisotopic (exact) mass is 600 g/mol. The topological polar surface area (TPSA) is 35.6 Å². The average Bonchev–Trinajstić information content (AvgIpc) is 3.72. The minimum Gasteiger partial charge on any atom is -0.392 e. The van der Waals surface area contributed by atoms with Crippen molar-refractivity contribution in [2.45, 2.75) is 0 Å². The molecule has 0 saturated heterocycles. The molecule has 4 nitrogen and oxygen atoms in total. The van der Waals surface area contributed by atoms with Gasteiger partial charge >= 0.3 is 21.7 Å². The van der Waals surface area contributed by atoms with E-state index in [-0.39, 0.29) is 32.0 Å². The SMILES string of the molecule is Clc1[c-]c(Cl)n(-c2ccccc2)n1.Clc1[c-]c(Cl)n(-c2ccccc2)n1.[Ti+4].c1cc[cH-]c1.c1cc[cH-]c1. The minimum absolute atomic E-state index is 0. The number of nitrogens with zero attached hydrogens (tertiary/aromatic N) is 4. The number of aromatic nitrogens is 4. The van der Waals surface area contributed by atoms with E-state index in [1.54, 1.807) is 0 Å². The fourth-order valence-corrected chi connectivity index (χ4v) is 3.59. The van der Waals surface area contributed by atoms with Crippen LogP contribution in [0.4, 0.5) is 0 Å². The fraction of sp³-hybridized carbons (Fsp3) is 0. The second kappa shape index (κ2) is 17.0. The molecule has 37 heavy (non-hydrogen) atoms. The van der Waals surface area contributed by atoms with Gasteiger partial charge in [0.25, 0.3) is 0 Å². The molecular formula is C28H20Cl4N4Ti. The van der Waals surface area contributed by atoms with Gasteiger partial charge in [-0.05, 0) is 44.9 Å². The molecule has 9 heteroatoms. The predicted octanol–water partition coefficient (Wildman–Crippen LogP) is 8.77. The molecule has 0 bridgehead atoms. The number of rotatable bonds is 2. The Kier molecular flexibility index (Phi) is 14.1. The van der Waals surface area contributed by atoms with Crippen LogP contribution in [0.5, 0.6) is 0 Å². The van der Waals surface area contributed by atoms with Gasteiger partial charge in [0.15, 0.2) is 0 Å². The van der Waals surface area contributed by atoms with Crippen molar-refractivity contribution in [3.8, 4) is 11.4 Å². The van der Waals surface area contributed by atoms with Gasteiger partial charge in [0.1, 0.15) is 0 Å². The van der Waals surface area contributed by atoms with Crippen molar-refractivity contribution in [1.82, 2.24) is 19.6 Å². The third-order valence-electron chi connectivity index (χ3n) is 4.27. The van der Waals surface area contributed by atoms with E-state index in [1.165, 1.54) is 9.36 Å². The van der Waals surface area contributed by atoms with Crippen molar-refractivity contribution in [1.29, 1.82) is 0 Å². The summed E-state index contributed by atoms with van der Waals surface area (Å²) >= 11 is 23.0. The Morgan fingerprint density at radius 1 is 0.514 bits per heavy atom. The molecule has 0 aliphatic carbocycles. The molecule has 0 radical (unpaired) electrons. The molecule has 4 aromatic carbocycles. The maximum Gasteiger partial charge on any atom is 4.00 e. The van der Waals surface area contributed by atoms with Crippen LogP contribution in [0.3, 0.4) is 0 Å². The van der Waals surface area contributed by atoms with Gasteiger partial charge in [0.2, 0.25) is 0 Å². The van der Waals surface area contributed by atoms with Gasteiger partial charge < -0.3 is 12.1 Å². The van der Waals surface area contributed by atoms with Crippen LogP contribution in [0, 0.1) is 12.1 Å². The molecule has 0 fully saturated rings. The number of para-hydroxylation sites is 2. The Morgan fingerprint density at radius 2 is 0.838 bits per heavy atom. The van der Waals surface area contributed by atoms with E-state index < -0.39 is 0 Å². The van der Waals surface area contributed by atoms with Crippen LogP contribution in [-0.2, 0) is 21.7 Å². The summed E-state index contributed by atoms with van der Waals surface area (Å²) in [5, 5.41) is 9.27. The Labute approximate surface area is 251 Å². The molecule has 2 heterocycles. The summed E-state index contributed by atoms with van der Waals surface area (Å²) in [6, 6.07) is 44.4. The second-order valence-corrected chi connectivity index (χ2v) is 8.26. The Balaban J connectivity index is 0.000000187. The van der Waals surface area contributed by atoms with Gasteiger partial charge in [-0.1, -0.05) is 36.4 Å². The molecule has 0 N–H and O–H groups in total. The number of hydrogen-bond donors (Lipinski definition) is 0. The molecule has 0 saturated carbocycles. The summed E-state index contributed by atoms with van der Waals surface area (Å²) < 4.78 is 3.06. The first-order valence-electron chi connectivity index (χ1n) is 10.7. The smallest absolute Gasteiger partial charge is 0.392 e. The molecule has 6 rings (SSSR count). The zero-order valence-corrected chi connectivity index (χ0v) is 23.9. The standard InChI is InChI=1S/2C9H5Cl2N2.2C5H5.Ti/c2*10-8-6-9(11)13(12-8)7-4-2-1-3-5-7;2*1-2-4-5-3-1;/h2*1-5H;2*1-5H;/q4*-1;+4. The Hall–Kier alpha value is -2.57. The van der Waals surface area contributed by atoms with Crippen molar-refractivity contribution in [3.05, 3.63) is 154 Å². The molecule has 0 atom stereocenters. The van der Waals surface area contributed by atoms with Gasteiger partial charge in [-0.25, -0.2) is 24.3 Å². The van der Waals surface area contributed by atoms with Crippen LogP contribution in [0.2, 0.25) is 20.6 Å². The first-order valence-corrected chi connectivity index (χ1v) is 12.2. The zero-order valence-electron chi connectivity index (χ0n) is 19.3. The summed E-state index contributed by atoms with van der Waals surface area (Å²) in [5.74, 6) is 0. The van der Waals surface area contributed by atoms with Crippen LogP contribution in [-0.4, -0.2) is 19.6 Å². The van der Waals surface area contributed by atoms with Crippen LogP contribution in [0.15, 0.2) is 121 Å². The van der Waals surface area contributed by atoms with Crippen molar-refractivity contribution in [2.24, 2.45) is 0 Å². The van der Waals surface area contributed by atoms with Crippen molar-refractivity contribution >= 4 is 46.4 Å². The zero-order chi connectivity index (χ0) is 25.6. The van der Waals surface area contributed by atoms with Crippen LogP contribution in [0.25, 0.3) is 11.4 Å². The Bertz CT molecular complexity index is 1220. The number of halogens is 4. The van der Waals surface area contributed by atoms with Crippen molar-refractivity contribution < 1.29 is 21.7 Å². The third kappa shape index (κ3) is 10.8. The van der Waals surface area contributed by atoms with Crippen molar-refractivity contribution in [2.75, 3.05) is 0 Å². The van der Waals surface area contributed by atoms with Crippen LogP contribution >= 0.6 is 46.4 Å². The van der Waals surface area contributed by atoms with Gasteiger partial charge in [-0.2, -0.15) is 46.6 Å². The average molecular weight is 602 g/mol. The predicted molar refractivity (Wildman–Crippen MR) is 149 cm³/mol. The molecule has 0 aliphatic rings. The van der Waals surface area contributed by atoms with Gasteiger partial charge in [-0.3, -0.25) is 9.36 Å². The first-order chi connectivity index (χ1) is 17.5. The van der Waals surface area contributed by atoms with Crippen molar-refractivity contribution in [3.63, 3.8) is 0 Å². The first kappa shape index (κ1) is 30.7. The molecule has 0 amide bonds. The molecule has 184 valence electrons. The maximum atomic E-state index is 5.84. The van der Waals surface area contributed by atoms with Gasteiger partial charge in [-0.15, -0.1) is 46.4 Å². The van der Waals surface area contributed by atoms with Crippen LogP contribution < -0.4 is 0 Å².